The maximum absolute atomic E-state index is 12.5. The summed E-state index contributed by atoms with van der Waals surface area (Å²) in [5.74, 6) is 0.314. The molecule has 0 bridgehead atoms. The number of nitrogens with zero attached hydrogens (tertiary/aromatic N) is 1. The van der Waals surface area contributed by atoms with Crippen LogP contribution in [0.3, 0.4) is 0 Å². The van der Waals surface area contributed by atoms with Gasteiger partial charge in [-0.2, -0.15) is 0 Å². The molecule has 2 aliphatic rings. The molecule has 0 spiro atoms. The fraction of sp³-hybridized carbons (Fsp3) is 0.846. The number of piperidine rings is 2. The Balaban J connectivity index is 2.00. The van der Waals surface area contributed by atoms with E-state index in [1.807, 2.05) is 4.90 Å². The molecule has 96 valence electrons. The van der Waals surface area contributed by atoms with E-state index in [1.54, 1.807) is 0 Å². The molecule has 0 aromatic heterocycles. The van der Waals surface area contributed by atoms with Crippen LogP contribution in [0, 0.1) is 5.92 Å². The van der Waals surface area contributed by atoms with Gasteiger partial charge >= 0.3 is 0 Å². The first kappa shape index (κ1) is 12.4. The van der Waals surface area contributed by atoms with Crippen LogP contribution in [0.4, 0.5) is 0 Å². The van der Waals surface area contributed by atoms with E-state index in [9.17, 15) is 9.59 Å². The van der Waals surface area contributed by atoms with Gasteiger partial charge in [0, 0.05) is 25.0 Å². The molecular formula is C13H22N2O2. The van der Waals surface area contributed by atoms with Crippen molar-refractivity contribution in [1.29, 1.82) is 0 Å². The van der Waals surface area contributed by atoms with Crippen LogP contribution in [-0.2, 0) is 9.59 Å². The van der Waals surface area contributed by atoms with Crippen molar-refractivity contribution in [3.63, 3.8) is 0 Å². The molecule has 0 aromatic rings. The molecule has 2 heterocycles. The highest BCUT2D eigenvalue weighted by Gasteiger charge is 2.34. The molecule has 2 aliphatic heterocycles. The summed E-state index contributed by atoms with van der Waals surface area (Å²) in [5, 5.41) is 2.80. The summed E-state index contributed by atoms with van der Waals surface area (Å²) in [7, 11) is 0. The number of amides is 2. The summed E-state index contributed by atoms with van der Waals surface area (Å²) in [6, 6.07) is 0.702. The summed E-state index contributed by atoms with van der Waals surface area (Å²) in [5.41, 5.74) is 0. The predicted molar refractivity (Wildman–Crippen MR) is 65.4 cm³/mol. The minimum Gasteiger partial charge on any atom is -0.355 e. The van der Waals surface area contributed by atoms with Gasteiger partial charge in [0.1, 0.15) is 0 Å². The highest BCUT2D eigenvalue weighted by molar-refractivity contribution is 5.84. The lowest BCUT2D eigenvalue weighted by Crippen LogP contribution is -2.52. The van der Waals surface area contributed by atoms with Gasteiger partial charge in [0.25, 0.3) is 0 Å². The Kier molecular flexibility index (Phi) is 3.69. The van der Waals surface area contributed by atoms with E-state index in [-0.39, 0.29) is 17.7 Å². The molecule has 1 unspecified atom stereocenters. The fourth-order valence-electron chi connectivity index (χ4n) is 3.01. The largest absolute Gasteiger partial charge is 0.355 e. The van der Waals surface area contributed by atoms with Crippen LogP contribution in [-0.4, -0.2) is 35.3 Å². The van der Waals surface area contributed by atoms with E-state index in [0.717, 1.165) is 12.8 Å². The van der Waals surface area contributed by atoms with Crippen LogP contribution in [0.25, 0.3) is 0 Å². The van der Waals surface area contributed by atoms with Gasteiger partial charge in [0.05, 0.1) is 5.92 Å². The van der Waals surface area contributed by atoms with E-state index in [2.05, 4.69) is 19.2 Å². The molecule has 2 rings (SSSR count). The SMILES string of the molecule is C[C@@H]1CCC[C@H](C)N1C(=O)C1CCC(=O)NC1. The van der Waals surface area contributed by atoms with Crippen LogP contribution in [0.1, 0.15) is 46.0 Å². The highest BCUT2D eigenvalue weighted by Crippen LogP contribution is 2.26. The number of hydrogen-bond acceptors (Lipinski definition) is 2. The van der Waals surface area contributed by atoms with Crippen molar-refractivity contribution in [2.75, 3.05) is 6.54 Å². The minimum absolute atomic E-state index is 0.00398. The monoisotopic (exact) mass is 238 g/mol. The van der Waals surface area contributed by atoms with Gasteiger partial charge < -0.3 is 10.2 Å². The van der Waals surface area contributed by atoms with E-state index < -0.39 is 0 Å². The molecule has 3 atom stereocenters. The first-order valence-electron chi connectivity index (χ1n) is 6.68. The average Bonchev–Trinajstić information content (AvgIpc) is 2.29. The van der Waals surface area contributed by atoms with Gasteiger partial charge in [-0.3, -0.25) is 9.59 Å². The molecule has 1 N–H and O–H groups in total. The van der Waals surface area contributed by atoms with Crippen molar-refractivity contribution < 1.29 is 9.59 Å². The van der Waals surface area contributed by atoms with Crippen molar-refractivity contribution in [3.8, 4) is 0 Å². The Morgan fingerprint density at radius 3 is 2.41 bits per heavy atom. The zero-order valence-electron chi connectivity index (χ0n) is 10.7. The maximum atomic E-state index is 12.5. The van der Waals surface area contributed by atoms with Crippen molar-refractivity contribution in [2.45, 2.75) is 58.0 Å². The van der Waals surface area contributed by atoms with Crippen LogP contribution in [0.15, 0.2) is 0 Å². The highest BCUT2D eigenvalue weighted by atomic mass is 16.2. The third-order valence-corrected chi connectivity index (χ3v) is 4.06. The quantitative estimate of drug-likeness (QED) is 0.748. The average molecular weight is 238 g/mol. The van der Waals surface area contributed by atoms with Crippen molar-refractivity contribution >= 4 is 11.8 Å². The first-order valence-corrected chi connectivity index (χ1v) is 6.68. The summed E-state index contributed by atoms with van der Waals surface area (Å²) in [4.78, 5) is 25.6. The third kappa shape index (κ3) is 2.61. The van der Waals surface area contributed by atoms with Gasteiger partial charge in [0.2, 0.25) is 11.8 Å². The van der Waals surface area contributed by atoms with Crippen LogP contribution in [0.5, 0.6) is 0 Å². The van der Waals surface area contributed by atoms with Gasteiger partial charge in [-0.25, -0.2) is 0 Å². The molecule has 0 saturated carbocycles. The number of likely N-dealkylation sites (tertiary alicyclic amines) is 1. The summed E-state index contributed by atoms with van der Waals surface area (Å²) >= 11 is 0. The van der Waals surface area contributed by atoms with Gasteiger partial charge in [-0.05, 0) is 39.5 Å². The smallest absolute Gasteiger partial charge is 0.227 e. The van der Waals surface area contributed by atoms with Gasteiger partial charge in [-0.1, -0.05) is 0 Å². The van der Waals surface area contributed by atoms with Crippen molar-refractivity contribution in [1.82, 2.24) is 10.2 Å². The summed E-state index contributed by atoms with van der Waals surface area (Å²) in [6.07, 6.45) is 4.63. The second-order valence-corrected chi connectivity index (χ2v) is 5.41. The summed E-state index contributed by atoms with van der Waals surface area (Å²) in [6.45, 7) is 4.79. The van der Waals surface area contributed by atoms with Crippen LogP contribution < -0.4 is 5.32 Å². The van der Waals surface area contributed by atoms with Gasteiger partial charge in [-0.15, -0.1) is 0 Å². The molecule has 0 aliphatic carbocycles. The van der Waals surface area contributed by atoms with Gasteiger partial charge in [0.15, 0.2) is 0 Å². The number of rotatable bonds is 1. The Labute approximate surface area is 103 Å². The van der Waals surface area contributed by atoms with E-state index in [1.165, 1.54) is 6.42 Å². The lowest BCUT2D eigenvalue weighted by atomic mass is 9.92. The Morgan fingerprint density at radius 2 is 1.88 bits per heavy atom. The van der Waals surface area contributed by atoms with Crippen LogP contribution >= 0.6 is 0 Å². The normalized spacial score (nSPS) is 34.4. The molecule has 0 radical (unpaired) electrons. The molecule has 2 fully saturated rings. The molecule has 2 saturated heterocycles. The van der Waals surface area contributed by atoms with E-state index in [0.29, 0.717) is 31.5 Å². The molecule has 4 nitrogen and oxygen atoms in total. The zero-order chi connectivity index (χ0) is 12.4. The minimum atomic E-state index is -0.00398. The van der Waals surface area contributed by atoms with Crippen molar-refractivity contribution in [2.24, 2.45) is 5.92 Å². The molecule has 0 aromatic carbocycles. The molecule has 4 heteroatoms. The van der Waals surface area contributed by atoms with E-state index >= 15 is 0 Å². The van der Waals surface area contributed by atoms with E-state index in [4.69, 9.17) is 0 Å². The molecule has 2 amide bonds. The Hall–Kier alpha value is -1.06. The number of carbonyl (C=O) groups excluding carboxylic acids is 2. The third-order valence-electron chi connectivity index (χ3n) is 4.06. The number of nitrogens with one attached hydrogen (secondary N) is 1. The molecular weight excluding hydrogens is 216 g/mol. The Bertz CT molecular complexity index is 297. The Morgan fingerprint density at radius 1 is 1.24 bits per heavy atom. The topological polar surface area (TPSA) is 49.4 Å². The zero-order valence-corrected chi connectivity index (χ0v) is 10.7. The number of carbonyl (C=O) groups is 2. The first-order chi connectivity index (χ1) is 8.09. The second-order valence-electron chi connectivity index (χ2n) is 5.41. The number of hydrogen-bond donors (Lipinski definition) is 1. The standard InChI is InChI=1S/C13H22N2O2/c1-9-4-3-5-10(2)15(9)13(17)11-6-7-12(16)14-8-11/h9-11H,3-8H2,1-2H3,(H,14,16)/t9-,10+,11?. The van der Waals surface area contributed by atoms with Crippen molar-refractivity contribution in [3.05, 3.63) is 0 Å². The molecule has 17 heavy (non-hydrogen) atoms. The lowest BCUT2D eigenvalue weighted by molar-refractivity contribution is -0.143. The summed E-state index contributed by atoms with van der Waals surface area (Å²) < 4.78 is 0. The lowest BCUT2D eigenvalue weighted by Gasteiger charge is -2.41. The van der Waals surface area contributed by atoms with Crippen LogP contribution in [0.2, 0.25) is 0 Å². The maximum Gasteiger partial charge on any atom is 0.227 e. The predicted octanol–water partition coefficient (Wildman–Crippen LogP) is 1.30. The second kappa shape index (κ2) is 5.07. The fourth-order valence-corrected chi connectivity index (χ4v) is 3.01.